The lowest BCUT2D eigenvalue weighted by Gasteiger charge is -2.09. The molecular formula is C21H14N6O2S. The number of primary amides is 1. The maximum atomic E-state index is 13.1. The third-order valence-corrected chi connectivity index (χ3v) is 5.50. The lowest BCUT2D eigenvalue weighted by Crippen LogP contribution is -2.17. The lowest BCUT2D eigenvalue weighted by atomic mass is 10.1. The second-order valence-corrected chi connectivity index (χ2v) is 7.52. The van der Waals surface area contributed by atoms with Gasteiger partial charge < -0.3 is 5.73 Å². The molecule has 146 valence electrons. The Morgan fingerprint density at radius 1 is 1.00 bits per heavy atom. The number of carbonyl (C=O) groups excluding carboxylic acids is 2. The Kier molecular flexibility index (Phi) is 4.22. The van der Waals surface area contributed by atoms with E-state index in [0.29, 0.717) is 10.8 Å². The summed E-state index contributed by atoms with van der Waals surface area (Å²) in [6.07, 6.45) is 1.37. The van der Waals surface area contributed by atoms with Crippen LogP contribution in [0.25, 0.3) is 27.1 Å². The first-order chi connectivity index (χ1) is 14.6. The van der Waals surface area contributed by atoms with Gasteiger partial charge in [-0.05, 0) is 18.2 Å². The highest BCUT2D eigenvalue weighted by molar-refractivity contribution is 7.22. The van der Waals surface area contributed by atoms with Gasteiger partial charge in [0, 0.05) is 5.56 Å². The van der Waals surface area contributed by atoms with Crippen LogP contribution in [0, 0.1) is 0 Å². The molecule has 0 saturated heterocycles. The molecule has 0 radical (unpaired) electrons. The average Bonchev–Trinajstić information content (AvgIpc) is 3.37. The minimum absolute atomic E-state index is 0.00168. The number of rotatable bonds is 4. The molecule has 2 amide bonds. The van der Waals surface area contributed by atoms with Crippen molar-refractivity contribution in [3.8, 4) is 11.3 Å². The van der Waals surface area contributed by atoms with E-state index >= 15 is 0 Å². The summed E-state index contributed by atoms with van der Waals surface area (Å²) in [6.45, 7) is 0. The Morgan fingerprint density at radius 3 is 2.53 bits per heavy atom. The predicted octanol–water partition coefficient (Wildman–Crippen LogP) is 3.36. The highest BCUT2D eigenvalue weighted by Gasteiger charge is 2.20. The molecule has 8 nitrogen and oxygen atoms in total. The van der Waals surface area contributed by atoms with Gasteiger partial charge in [-0.15, -0.1) is 0 Å². The van der Waals surface area contributed by atoms with E-state index < -0.39 is 11.8 Å². The molecule has 30 heavy (non-hydrogen) atoms. The van der Waals surface area contributed by atoms with Crippen LogP contribution in [0.5, 0.6) is 0 Å². The number of hydrogen-bond donors (Lipinski definition) is 2. The Morgan fingerprint density at radius 2 is 1.77 bits per heavy atom. The van der Waals surface area contributed by atoms with Gasteiger partial charge in [0.1, 0.15) is 12.0 Å². The Balaban J connectivity index is 1.63. The third kappa shape index (κ3) is 3.07. The van der Waals surface area contributed by atoms with Crippen LogP contribution >= 0.6 is 11.3 Å². The highest BCUT2D eigenvalue weighted by Crippen LogP contribution is 2.27. The van der Waals surface area contributed by atoms with Crippen molar-refractivity contribution < 1.29 is 9.59 Å². The van der Waals surface area contributed by atoms with E-state index in [9.17, 15) is 9.59 Å². The quantitative estimate of drug-likeness (QED) is 0.468. The largest absolute Gasteiger partial charge is 0.364 e. The number of aromatic nitrogens is 4. The van der Waals surface area contributed by atoms with E-state index in [2.05, 4.69) is 20.3 Å². The molecule has 9 heteroatoms. The zero-order valence-electron chi connectivity index (χ0n) is 15.4. The molecular weight excluding hydrogens is 400 g/mol. The number of nitrogens with one attached hydrogen (secondary N) is 1. The second kappa shape index (κ2) is 7.05. The number of amides is 2. The first-order valence-electron chi connectivity index (χ1n) is 9.00. The Hall–Kier alpha value is -4.11. The molecule has 3 aromatic heterocycles. The van der Waals surface area contributed by atoms with Gasteiger partial charge in [0.05, 0.1) is 15.9 Å². The fourth-order valence-corrected chi connectivity index (χ4v) is 4.02. The molecule has 0 spiro atoms. The summed E-state index contributed by atoms with van der Waals surface area (Å²) in [5, 5.41) is 3.31. The summed E-state index contributed by atoms with van der Waals surface area (Å²) in [5.41, 5.74) is 8.06. The second-order valence-electron chi connectivity index (χ2n) is 6.48. The van der Waals surface area contributed by atoms with Crippen molar-refractivity contribution >= 4 is 44.1 Å². The van der Waals surface area contributed by atoms with Crippen molar-refractivity contribution in [3.63, 3.8) is 0 Å². The van der Waals surface area contributed by atoms with Gasteiger partial charge in [0.25, 0.3) is 11.8 Å². The fraction of sp³-hybridized carbons (Fsp3) is 0. The molecule has 0 aliphatic heterocycles. The minimum atomic E-state index is -0.715. The van der Waals surface area contributed by atoms with Crippen molar-refractivity contribution in [3.05, 3.63) is 78.4 Å². The Bertz CT molecular complexity index is 1390. The summed E-state index contributed by atoms with van der Waals surface area (Å²) < 4.78 is 2.42. The number of anilines is 1. The molecule has 0 bridgehead atoms. The van der Waals surface area contributed by atoms with E-state index in [1.54, 1.807) is 6.07 Å². The van der Waals surface area contributed by atoms with Gasteiger partial charge >= 0.3 is 0 Å². The van der Waals surface area contributed by atoms with Crippen molar-refractivity contribution in [2.75, 3.05) is 5.32 Å². The first-order valence-corrected chi connectivity index (χ1v) is 9.82. The number of nitrogens with zero attached hydrogens (tertiary/aromatic N) is 4. The fourth-order valence-electron chi connectivity index (χ4n) is 3.16. The van der Waals surface area contributed by atoms with Gasteiger partial charge in [-0.25, -0.2) is 15.0 Å². The predicted molar refractivity (Wildman–Crippen MR) is 115 cm³/mol. The van der Waals surface area contributed by atoms with Gasteiger partial charge in [-0.1, -0.05) is 53.8 Å². The zero-order chi connectivity index (χ0) is 20.7. The maximum Gasteiger partial charge on any atom is 0.274 e. The number of fused-ring (bicyclic) bond motifs is 2. The number of imidazole rings is 1. The van der Waals surface area contributed by atoms with E-state index in [0.717, 1.165) is 15.8 Å². The molecule has 2 aromatic carbocycles. The van der Waals surface area contributed by atoms with Crippen molar-refractivity contribution in [1.82, 2.24) is 19.4 Å². The van der Waals surface area contributed by atoms with Crippen LogP contribution in [0.15, 0.2) is 67.0 Å². The summed E-state index contributed by atoms with van der Waals surface area (Å²) in [7, 11) is 0. The normalized spacial score (nSPS) is 11.1. The number of nitrogens with two attached hydrogens (primary N) is 1. The molecule has 3 heterocycles. The summed E-state index contributed by atoms with van der Waals surface area (Å²) in [4.78, 5) is 37.9. The highest BCUT2D eigenvalue weighted by atomic mass is 32.1. The lowest BCUT2D eigenvalue weighted by molar-refractivity contribution is 0.0993. The number of para-hydroxylation sites is 1. The third-order valence-electron chi connectivity index (χ3n) is 4.55. The van der Waals surface area contributed by atoms with Gasteiger partial charge in [-0.2, -0.15) is 0 Å². The maximum absolute atomic E-state index is 13.1. The molecule has 3 N–H and O–H groups in total. The molecule has 0 aliphatic carbocycles. The SMILES string of the molecule is NC(=O)c1ncn2c(C(=O)Nc3nc4ccccc4s3)cc(-c3ccccc3)nc12. The van der Waals surface area contributed by atoms with E-state index in [4.69, 9.17) is 5.73 Å². The van der Waals surface area contributed by atoms with E-state index in [1.165, 1.54) is 22.1 Å². The topological polar surface area (TPSA) is 115 Å². The molecule has 0 atom stereocenters. The van der Waals surface area contributed by atoms with Gasteiger partial charge in [0.15, 0.2) is 16.5 Å². The number of hydrogen-bond acceptors (Lipinski definition) is 6. The standard InChI is InChI=1S/C21H14N6O2S/c22-18(28)17-19-24-14(12-6-2-1-3-7-12)10-15(27(19)11-23-17)20(29)26-21-25-13-8-4-5-9-16(13)30-21/h1-11H,(H2,22,28)(H,25,26,29). The number of benzene rings is 2. The van der Waals surface area contributed by atoms with Crippen LogP contribution in [0.3, 0.4) is 0 Å². The number of carbonyl (C=O) groups is 2. The van der Waals surface area contributed by atoms with Crippen LogP contribution < -0.4 is 11.1 Å². The van der Waals surface area contributed by atoms with Crippen LogP contribution in [-0.2, 0) is 0 Å². The van der Waals surface area contributed by atoms with E-state index in [1.807, 2.05) is 54.6 Å². The zero-order valence-corrected chi connectivity index (χ0v) is 16.3. The van der Waals surface area contributed by atoms with Gasteiger partial charge in [0.2, 0.25) is 0 Å². The summed E-state index contributed by atoms with van der Waals surface area (Å²) in [6, 6.07) is 18.6. The molecule has 0 aliphatic rings. The molecule has 5 aromatic rings. The smallest absolute Gasteiger partial charge is 0.274 e. The van der Waals surface area contributed by atoms with Gasteiger partial charge in [-0.3, -0.25) is 19.3 Å². The van der Waals surface area contributed by atoms with Crippen molar-refractivity contribution in [2.45, 2.75) is 0 Å². The van der Waals surface area contributed by atoms with Crippen LogP contribution in [0.1, 0.15) is 21.0 Å². The van der Waals surface area contributed by atoms with Crippen molar-refractivity contribution in [2.24, 2.45) is 5.73 Å². The van der Waals surface area contributed by atoms with Crippen LogP contribution in [0.2, 0.25) is 0 Å². The molecule has 0 unspecified atom stereocenters. The van der Waals surface area contributed by atoms with Crippen LogP contribution in [0.4, 0.5) is 5.13 Å². The summed E-state index contributed by atoms with van der Waals surface area (Å²) in [5.74, 6) is -1.11. The van der Waals surface area contributed by atoms with Crippen LogP contribution in [-0.4, -0.2) is 31.2 Å². The first kappa shape index (κ1) is 18.0. The number of thiazole rings is 1. The Labute approximate surface area is 174 Å². The minimum Gasteiger partial charge on any atom is -0.364 e. The van der Waals surface area contributed by atoms with E-state index in [-0.39, 0.29) is 17.0 Å². The average molecular weight is 414 g/mol. The summed E-state index contributed by atoms with van der Waals surface area (Å²) >= 11 is 1.38. The molecule has 5 rings (SSSR count). The molecule has 0 saturated carbocycles. The van der Waals surface area contributed by atoms with Crippen molar-refractivity contribution in [1.29, 1.82) is 0 Å². The monoisotopic (exact) mass is 414 g/mol. The molecule has 0 fully saturated rings.